The lowest BCUT2D eigenvalue weighted by Gasteiger charge is -2.18. The smallest absolute Gasteiger partial charge is 0.309 e. The number of carbonyl (C=O) groups is 2. The van der Waals surface area contributed by atoms with Crippen LogP contribution in [0.4, 0.5) is 0 Å². The number of ether oxygens (including phenoxy) is 1. The average Bonchev–Trinajstić information content (AvgIpc) is 3.49. The Morgan fingerprint density at radius 1 is 1.10 bits per heavy atom. The summed E-state index contributed by atoms with van der Waals surface area (Å²) in [4.78, 5) is 24.6. The van der Waals surface area contributed by atoms with E-state index < -0.39 is 21.8 Å². The van der Waals surface area contributed by atoms with Crippen molar-refractivity contribution in [2.75, 3.05) is 19.1 Å². The number of nitrogens with zero attached hydrogens (tertiary/aromatic N) is 6. The third-order valence-electron chi connectivity index (χ3n) is 6.06. The predicted molar refractivity (Wildman–Crippen MR) is 157 cm³/mol. The van der Waals surface area contributed by atoms with Gasteiger partial charge >= 0.3 is 5.97 Å². The number of carbonyl (C=O) groups excluding carboxylic acids is 2. The first-order valence-electron chi connectivity index (χ1n) is 12.4. The van der Waals surface area contributed by atoms with Gasteiger partial charge in [0.15, 0.2) is 5.15 Å². The van der Waals surface area contributed by atoms with E-state index in [-0.39, 0.29) is 29.7 Å². The Bertz CT molecular complexity index is 1710. The van der Waals surface area contributed by atoms with Gasteiger partial charge in [0.2, 0.25) is 5.91 Å². The second-order valence-corrected chi connectivity index (χ2v) is 12.2. The molecule has 4 aromatic rings. The number of hydrogen-bond donors (Lipinski definition) is 1. The van der Waals surface area contributed by atoms with Gasteiger partial charge < -0.3 is 10.1 Å². The van der Waals surface area contributed by atoms with E-state index in [1.807, 2.05) is 0 Å². The second-order valence-electron chi connectivity index (χ2n) is 9.19. The number of aromatic nitrogens is 6. The highest BCUT2D eigenvalue weighted by molar-refractivity contribution is 7.90. The summed E-state index contributed by atoms with van der Waals surface area (Å²) in [7, 11) is -2.04. The standard InChI is InChI=1S/C27H25Cl2N7O5S/c1-41-26(38)13-17-3-5-18(6-4-17)21-15-23(32-33-27(21)29)22(11-12-42(2,39)40)31-25(37)10-7-19-14-20(28)8-9-24(19)36-16-30-34-35-36/h3-10,14-16,22H,11-13H2,1-2H3,(H,31,37)/b10-7+/t22-/m0/s1. The molecule has 0 aliphatic heterocycles. The number of tetrazole rings is 1. The summed E-state index contributed by atoms with van der Waals surface area (Å²) in [5.41, 5.74) is 3.43. The van der Waals surface area contributed by atoms with Crippen molar-refractivity contribution in [1.82, 2.24) is 35.7 Å². The topological polar surface area (TPSA) is 159 Å². The highest BCUT2D eigenvalue weighted by Gasteiger charge is 2.20. The van der Waals surface area contributed by atoms with Crippen LogP contribution in [0, 0.1) is 0 Å². The van der Waals surface area contributed by atoms with E-state index in [1.54, 1.807) is 54.6 Å². The Kier molecular flexibility index (Phi) is 9.99. The molecule has 1 amide bonds. The first kappa shape index (κ1) is 30.8. The minimum atomic E-state index is -3.36. The minimum absolute atomic E-state index is 0.0409. The molecule has 0 spiro atoms. The zero-order valence-electron chi connectivity index (χ0n) is 22.4. The van der Waals surface area contributed by atoms with E-state index in [1.165, 1.54) is 24.2 Å². The third-order valence-corrected chi connectivity index (χ3v) is 7.55. The summed E-state index contributed by atoms with van der Waals surface area (Å²) >= 11 is 12.5. The molecule has 2 aromatic heterocycles. The minimum Gasteiger partial charge on any atom is -0.469 e. The molecule has 0 saturated carbocycles. The first-order chi connectivity index (χ1) is 20.0. The van der Waals surface area contributed by atoms with Crippen LogP contribution in [0.5, 0.6) is 0 Å². The number of sulfone groups is 1. The van der Waals surface area contributed by atoms with Gasteiger partial charge in [0.1, 0.15) is 16.2 Å². The van der Waals surface area contributed by atoms with Gasteiger partial charge in [0, 0.05) is 28.5 Å². The van der Waals surface area contributed by atoms with Gasteiger partial charge in [-0.1, -0.05) is 47.5 Å². The molecule has 0 bridgehead atoms. The number of halogens is 2. The van der Waals surface area contributed by atoms with Crippen molar-refractivity contribution in [2.45, 2.75) is 18.9 Å². The summed E-state index contributed by atoms with van der Waals surface area (Å²) in [6.07, 6.45) is 5.51. The van der Waals surface area contributed by atoms with Crippen LogP contribution >= 0.6 is 23.2 Å². The number of esters is 1. The van der Waals surface area contributed by atoms with E-state index in [4.69, 9.17) is 27.9 Å². The fourth-order valence-electron chi connectivity index (χ4n) is 3.96. The van der Waals surface area contributed by atoms with E-state index in [0.29, 0.717) is 33.1 Å². The maximum Gasteiger partial charge on any atom is 0.309 e. The van der Waals surface area contributed by atoms with Gasteiger partial charge in [-0.3, -0.25) is 9.59 Å². The highest BCUT2D eigenvalue weighted by Crippen LogP contribution is 2.29. The molecule has 0 unspecified atom stereocenters. The van der Waals surface area contributed by atoms with Crippen LogP contribution in [-0.2, 0) is 30.6 Å². The second kappa shape index (κ2) is 13.6. The molecule has 218 valence electrons. The van der Waals surface area contributed by atoms with Crippen molar-refractivity contribution in [3.8, 4) is 16.8 Å². The Morgan fingerprint density at radius 3 is 2.52 bits per heavy atom. The van der Waals surface area contributed by atoms with Gasteiger partial charge in [0.05, 0.1) is 36.7 Å². The SMILES string of the molecule is COC(=O)Cc1ccc(-c2cc([C@H](CCS(C)(=O)=O)NC(=O)/C=C/c3cc(Cl)ccc3-n3cnnn3)nnc2Cl)cc1. The van der Waals surface area contributed by atoms with Crippen LogP contribution in [0.1, 0.15) is 29.3 Å². The molecule has 15 heteroatoms. The van der Waals surface area contributed by atoms with Crippen LogP contribution in [0.2, 0.25) is 10.2 Å². The van der Waals surface area contributed by atoms with Crippen LogP contribution in [0.3, 0.4) is 0 Å². The molecule has 0 saturated heterocycles. The average molecular weight is 631 g/mol. The third kappa shape index (κ3) is 8.41. The van der Waals surface area contributed by atoms with Crippen LogP contribution < -0.4 is 5.32 Å². The van der Waals surface area contributed by atoms with Crippen LogP contribution in [-0.4, -0.2) is 69.8 Å². The molecule has 42 heavy (non-hydrogen) atoms. The van der Waals surface area contributed by atoms with Crippen molar-refractivity contribution in [3.63, 3.8) is 0 Å². The van der Waals surface area contributed by atoms with Crippen molar-refractivity contribution < 1.29 is 22.7 Å². The van der Waals surface area contributed by atoms with E-state index in [0.717, 1.165) is 11.8 Å². The van der Waals surface area contributed by atoms with Crippen LogP contribution in [0.25, 0.3) is 22.9 Å². The fraction of sp³-hybridized carbons (Fsp3) is 0.222. The number of nitrogens with one attached hydrogen (secondary N) is 1. The molecule has 2 heterocycles. The molecular formula is C27H25Cl2N7O5S. The molecule has 2 aromatic carbocycles. The van der Waals surface area contributed by atoms with Crippen LogP contribution in [0.15, 0.2) is 60.9 Å². The molecule has 4 rings (SSSR count). The van der Waals surface area contributed by atoms with Gasteiger partial charge in [-0.25, -0.2) is 8.42 Å². The van der Waals surface area contributed by atoms with Crippen molar-refractivity contribution in [3.05, 3.63) is 87.9 Å². The lowest BCUT2D eigenvalue weighted by Crippen LogP contribution is -2.29. The molecular weight excluding hydrogens is 605 g/mol. The molecule has 0 aliphatic rings. The largest absolute Gasteiger partial charge is 0.469 e. The zero-order chi connectivity index (χ0) is 30.3. The van der Waals surface area contributed by atoms with Crippen molar-refractivity contribution >= 4 is 51.0 Å². The summed E-state index contributed by atoms with van der Waals surface area (Å²) in [6.45, 7) is 0. The number of hydrogen-bond acceptors (Lipinski definition) is 10. The quantitative estimate of drug-likeness (QED) is 0.192. The Hall–Kier alpha value is -4.20. The molecule has 0 aliphatic carbocycles. The Balaban J connectivity index is 1.60. The lowest BCUT2D eigenvalue weighted by molar-refractivity contribution is -0.139. The highest BCUT2D eigenvalue weighted by atomic mass is 35.5. The Labute approximate surface area is 251 Å². The first-order valence-corrected chi connectivity index (χ1v) is 15.2. The summed E-state index contributed by atoms with van der Waals surface area (Å²) < 4.78 is 30.1. The normalized spacial score (nSPS) is 12.3. The molecule has 0 radical (unpaired) electrons. The predicted octanol–water partition coefficient (Wildman–Crippen LogP) is 3.45. The van der Waals surface area contributed by atoms with Gasteiger partial charge in [-0.15, -0.1) is 10.2 Å². The molecule has 0 fully saturated rings. The summed E-state index contributed by atoms with van der Waals surface area (Å²) in [5.74, 6) is -1.09. The maximum absolute atomic E-state index is 13.0. The Morgan fingerprint density at radius 2 is 1.86 bits per heavy atom. The fourth-order valence-corrected chi connectivity index (χ4v) is 5.00. The lowest BCUT2D eigenvalue weighted by atomic mass is 10.0. The van der Waals surface area contributed by atoms with E-state index in [9.17, 15) is 18.0 Å². The molecule has 1 atom stereocenters. The van der Waals surface area contributed by atoms with Crippen molar-refractivity contribution in [2.24, 2.45) is 0 Å². The number of methoxy groups -OCH3 is 1. The molecule has 12 nitrogen and oxygen atoms in total. The summed E-state index contributed by atoms with van der Waals surface area (Å²) in [6, 6.07) is 12.9. The number of amides is 1. The van der Waals surface area contributed by atoms with E-state index in [2.05, 4.69) is 31.0 Å². The van der Waals surface area contributed by atoms with Gasteiger partial charge in [-0.05, 0) is 58.3 Å². The van der Waals surface area contributed by atoms with E-state index >= 15 is 0 Å². The molecule has 1 N–H and O–H groups in total. The number of benzene rings is 2. The zero-order valence-corrected chi connectivity index (χ0v) is 24.8. The maximum atomic E-state index is 13.0. The summed E-state index contributed by atoms with van der Waals surface area (Å²) in [5, 5.41) is 22.7. The monoisotopic (exact) mass is 629 g/mol. The van der Waals surface area contributed by atoms with Gasteiger partial charge in [0.25, 0.3) is 0 Å². The van der Waals surface area contributed by atoms with Crippen molar-refractivity contribution in [1.29, 1.82) is 0 Å². The van der Waals surface area contributed by atoms with Gasteiger partial charge in [-0.2, -0.15) is 9.78 Å². The number of rotatable bonds is 11.